The van der Waals surface area contributed by atoms with Gasteiger partial charge in [-0.25, -0.2) is 0 Å². The van der Waals surface area contributed by atoms with Gasteiger partial charge in [0, 0.05) is 18.6 Å². The van der Waals surface area contributed by atoms with Crippen LogP contribution in [-0.4, -0.2) is 31.1 Å². The molecule has 1 aromatic rings. The number of aryl methyl sites for hydroxylation is 3. The summed E-state index contributed by atoms with van der Waals surface area (Å²) >= 11 is 0. The minimum Gasteiger partial charge on any atom is -0.318 e. The molecule has 1 saturated heterocycles. The van der Waals surface area contributed by atoms with Crippen LogP contribution in [0.1, 0.15) is 54.5 Å². The molecule has 1 N–H and O–H groups in total. The van der Waals surface area contributed by atoms with Crippen LogP contribution in [0.3, 0.4) is 0 Å². The largest absolute Gasteiger partial charge is 0.318 e. The minimum absolute atomic E-state index is 0.522. The molecule has 1 aromatic carbocycles. The van der Waals surface area contributed by atoms with E-state index >= 15 is 0 Å². The predicted octanol–water partition coefficient (Wildman–Crippen LogP) is 3.75. The summed E-state index contributed by atoms with van der Waals surface area (Å²) in [7, 11) is 2.07. The molecular formula is C18H30N2. The first-order chi connectivity index (χ1) is 9.54. The summed E-state index contributed by atoms with van der Waals surface area (Å²) in [5.74, 6) is 0. The zero-order valence-corrected chi connectivity index (χ0v) is 13.8. The van der Waals surface area contributed by atoms with Gasteiger partial charge in [-0.2, -0.15) is 0 Å². The molecule has 1 fully saturated rings. The molecule has 0 bridgehead atoms. The Hall–Kier alpha value is -0.860. The van der Waals surface area contributed by atoms with Crippen molar-refractivity contribution in [2.45, 2.75) is 59.0 Å². The number of benzene rings is 1. The first-order valence-corrected chi connectivity index (χ1v) is 8.02. The summed E-state index contributed by atoms with van der Waals surface area (Å²) in [6.45, 7) is 11.5. The highest BCUT2D eigenvalue weighted by Crippen LogP contribution is 2.32. The Morgan fingerprint density at radius 3 is 2.45 bits per heavy atom. The molecule has 1 heterocycles. The molecule has 1 aliphatic heterocycles. The number of likely N-dealkylation sites (N-methyl/N-ethyl adjacent to an activating group) is 1. The molecule has 2 heteroatoms. The molecule has 0 radical (unpaired) electrons. The zero-order valence-electron chi connectivity index (χ0n) is 13.8. The highest BCUT2D eigenvalue weighted by Gasteiger charge is 2.28. The molecule has 2 unspecified atom stereocenters. The van der Waals surface area contributed by atoms with E-state index in [1.54, 1.807) is 5.56 Å². The van der Waals surface area contributed by atoms with E-state index < -0.39 is 0 Å². The highest BCUT2D eigenvalue weighted by atomic mass is 15.2. The second-order valence-corrected chi connectivity index (χ2v) is 6.43. The second kappa shape index (κ2) is 6.73. The molecule has 112 valence electrons. The monoisotopic (exact) mass is 274 g/mol. The van der Waals surface area contributed by atoms with Gasteiger partial charge in [-0.3, -0.25) is 4.90 Å². The van der Waals surface area contributed by atoms with Crippen LogP contribution in [0.4, 0.5) is 0 Å². The van der Waals surface area contributed by atoms with Gasteiger partial charge in [0.05, 0.1) is 0 Å². The SMILES string of the molecule is CNCC1CCCCN1C(C)c1c(C)cc(C)cc1C. The minimum atomic E-state index is 0.522. The smallest absolute Gasteiger partial charge is 0.0328 e. The third kappa shape index (κ3) is 3.24. The van der Waals surface area contributed by atoms with Gasteiger partial charge < -0.3 is 5.32 Å². The van der Waals surface area contributed by atoms with Gasteiger partial charge in [-0.15, -0.1) is 0 Å². The summed E-state index contributed by atoms with van der Waals surface area (Å²) in [5, 5.41) is 3.37. The molecule has 0 spiro atoms. The summed E-state index contributed by atoms with van der Waals surface area (Å²) in [6, 6.07) is 5.87. The second-order valence-electron chi connectivity index (χ2n) is 6.43. The van der Waals surface area contributed by atoms with Crippen molar-refractivity contribution < 1.29 is 0 Å². The maximum atomic E-state index is 3.37. The summed E-state index contributed by atoms with van der Waals surface area (Å²) in [5.41, 5.74) is 5.81. The third-order valence-electron chi connectivity index (χ3n) is 4.77. The van der Waals surface area contributed by atoms with E-state index in [4.69, 9.17) is 0 Å². The van der Waals surface area contributed by atoms with Crippen molar-refractivity contribution in [3.63, 3.8) is 0 Å². The van der Waals surface area contributed by atoms with Crippen molar-refractivity contribution in [1.29, 1.82) is 0 Å². The van der Waals surface area contributed by atoms with Crippen molar-refractivity contribution in [3.8, 4) is 0 Å². The predicted molar refractivity (Wildman–Crippen MR) is 87.3 cm³/mol. The maximum absolute atomic E-state index is 3.37. The van der Waals surface area contributed by atoms with E-state index in [1.807, 2.05) is 0 Å². The normalized spacial score (nSPS) is 21.9. The molecule has 2 atom stereocenters. The van der Waals surface area contributed by atoms with E-state index in [2.05, 4.69) is 57.1 Å². The van der Waals surface area contributed by atoms with Crippen LogP contribution < -0.4 is 5.32 Å². The Bertz CT molecular complexity index is 428. The number of nitrogens with zero attached hydrogens (tertiary/aromatic N) is 1. The van der Waals surface area contributed by atoms with Crippen LogP contribution in [-0.2, 0) is 0 Å². The van der Waals surface area contributed by atoms with Crippen LogP contribution in [0.2, 0.25) is 0 Å². The molecule has 0 aliphatic carbocycles. The third-order valence-corrected chi connectivity index (χ3v) is 4.77. The van der Waals surface area contributed by atoms with E-state index in [-0.39, 0.29) is 0 Å². The van der Waals surface area contributed by atoms with Crippen LogP contribution in [0.15, 0.2) is 12.1 Å². The Balaban J connectivity index is 2.27. The van der Waals surface area contributed by atoms with Crippen LogP contribution >= 0.6 is 0 Å². The lowest BCUT2D eigenvalue weighted by Crippen LogP contribution is -2.46. The lowest BCUT2D eigenvalue weighted by atomic mass is 9.91. The molecule has 2 nitrogen and oxygen atoms in total. The number of rotatable bonds is 4. The van der Waals surface area contributed by atoms with Crippen LogP contribution in [0, 0.1) is 20.8 Å². The van der Waals surface area contributed by atoms with E-state index in [9.17, 15) is 0 Å². The Morgan fingerprint density at radius 2 is 1.85 bits per heavy atom. The Labute approximate surface area is 124 Å². The van der Waals surface area contributed by atoms with Crippen molar-refractivity contribution in [3.05, 3.63) is 34.4 Å². The first kappa shape index (κ1) is 15.5. The Kier molecular flexibility index (Phi) is 5.22. The number of hydrogen-bond donors (Lipinski definition) is 1. The summed E-state index contributed by atoms with van der Waals surface area (Å²) in [4.78, 5) is 2.71. The van der Waals surface area contributed by atoms with Crippen molar-refractivity contribution in [1.82, 2.24) is 10.2 Å². The molecule has 0 saturated carbocycles. The quantitative estimate of drug-likeness (QED) is 0.899. The topological polar surface area (TPSA) is 15.3 Å². The van der Waals surface area contributed by atoms with Gasteiger partial charge in [0.2, 0.25) is 0 Å². The lowest BCUT2D eigenvalue weighted by Gasteiger charge is -2.41. The molecule has 20 heavy (non-hydrogen) atoms. The van der Waals surface area contributed by atoms with Gasteiger partial charge in [-0.05, 0) is 70.8 Å². The fraction of sp³-hybridized carbons (Fsp3) is 0.667. The van der Waals surface area contributed by atoms with Crippen molar-refractivity contribution in [2.75, 3.05) is 20.1 Å². The maximum Gasteiger partial charge on any atom is 0.0328 e. The average molecular weight is 274 g/mol. The van der Waals surface area contributed by atoms with E-state index in [1.165, 1.54) is 42.5 Å². The van der Waals surface area contributed by atoms with E-state index in [0.29, 0.717) is 12.1 Å². The average Bonchev–Trinajstić information content (AvgIpc) is 2.38. The van der Waals surface area contributed by atoms with Crippen molar-refractivity contribution in [2.24, 2.45) is 0 Å². The number of piperidine rings is 1. The molecule has 0 aromatic heterocycles. The highest BCUT2D eigenvalue weighted by molar-refractivity contribution is 5.39. The van der Waals surface area contributed by atoms with Gasteiger partial charge in [0.1, 0.15) is 0 Å². The standard InChI is InChI=1S/C18H30N2/c1-13-10-14(2)18(15(3)11-13)16(4)20-9-7-6-8-17(20)12-19-5/h10-11,16-17,19H,6-9,12H2,1-5H3. The molecule has 2 rings (SSSR count). The fourth-order valence-corrected chi connectivity index (χ4v) is 4.00. The number of nitrogens with one attached hydrogen (secondary N) is 1. The van der Waals surface area contributed by atoms with Gasteiger partial charge in [-0.1, -0.05) is 24.1 Å². The fourth-order valence-electron chi connectivity index (χ4n) is 4.00. The molecular weight excluding hydrogens is 244 g/mol. The van der Waals surface area contributed by atoms with Crippen LogP contribution in [0.25, 0.3) is 0 Å². The molecule has 1 aliphatic rings. The van der Waals surface area contributed by atoms with Gasteiger partial charge in [0.15, 0.2) is 0 Å². The molecule has 0 amide bonds. The van der Waals surface area contributed by atoms with Gasteiger partial charge in [0.25, 0.3) is 0 Å². The lowest BCUT2D eigenvalue weighted by molar-refractivity contribution is 0.103. The number of hydrogen-bond acceptors (Lipinski definition) is 2. The zero-order chi connectivity index (χ0) is 14.7. The first-order valence-electron chi connectivity index (χ1n) is 8.02. The van der Waals surface area contributed by atoms with Crippen LogP contribution in [0.5, 0.6) is 0 Å². The summed E-state index contributed by atoms with van der Waals surface area (Å²) < 4.78 is 0. The van der Waals surface area contributed by atoms with Gasteiger partial charge >= 0.3 is 0 Å². The summed E-state index contributed by atoms with van der Waals surface area (Å²) in [6.07, 6.45) is 4.05. The number of likely N-dealkylation sites (tertiary alicyclic amines) is 1. The van der Waals surface area contributed by atoms with Crippen molar-refractivity contribution >= 4 is 0 Å². The van der Waals surface area contributed by atoms with E-state index in [0.717, 1.165) is 6.54 Å². The Morgan fingerprint density at radius 1 is 1.20 bits per heavy atom.